The molecule has 4 heterocycles. The standard InChI is InChI=1S/C20H22BrClFN5O2S/c1-4-9(3)15-11-7-6-10(28(11)20(29)30)8-27(15)18-12-14(24-19(26-18)31-5-2)13(23)17(22)25-16(12)21/h10-11,15H,3-8H2,1-2H3,(H,29,30)/t10-,11+,15+/m1/s1. The van der Waals surface area contributed by atoms with E-state index in [9.17, 15) is 14.3 Å². The summed E-state index contributed by atoms with van der Waals surface area (Å²) in [6.07, 6.45) is 1.28. The van der Waals surface area contributed by atoms with Crippen LogP contribution in [0, 0.1) is 5.82 Å². The molecule has 0 spiro atoms. The van der Waals surface area contributed by atoms with E-state index in [2.05, 4.69) is 37.4 Å². The number of rotatable bonds is 5. The molecule has 1 N–H and O–H groups in total. The maximum absolute atomic E-state index is 15.0. The highest BCUT2D eigenvalue weighted by molar-refractivity contribution is 9.10. The van der Waals surface area contributed by atoms with E-state index in [1.807, 2.05) is 13.8 Å². The largest absolute Gasteiger partial charge is 0.465 e. The number of thioether (sulfide) groups is 1. The zero-order chi connectivity index (χ0) is 22.4. The fourth-order valence-corrected chi connectivity index (χ4v) is 6.02. The average Bonchev–Trinajstić information content (AvgIpc) is 3.05. The SMILES string of the molecule is C=C(CC)[C@H]1[C@@H]2CC[C@H](CN1c1nc(SCC)nc3c(F)c(Cl)nc(Br)c13)N2C(=O)O. The second-order valence-corrected chi connectivity index (χ2v) is 9.93. The molecule has 1 amide bonds. The predicted octanol–water partition coefficient (Wildman–Crippen LogP) is 5.36. The lowest BCUT2D eigenvalue weighted by molar-refractivity contribution is 0.105. The topological polar surface area (TPSA) is 82.5 Å². The van der Waals surface area contributed by atoms with Gasteiger partial charge in [0.15, 0.2) is 16.1 Å². The molecule has 2 saturated heterocycles. The minimum absolute atomic E-state index is 0.0988. The number of amides is 1. The van der Waals surface area contributed by atoms with Crippen LogP contribution in [0.15, 0.2) is 21.9 Å². The van der Waals surface area contributed by atoms with Crippen molar-refractivity contribution in [2.45, 2.75) is 56.4 Å². The Labute approximate surface area is 197 Å². The van der Waals surface area contributed by atoms with Crippen molar-refractivity contribution >= 4 is 62.1 Å². The van der Waals surface area contributed by atoms with Gasteiger partial charge in [-0.2, -0.15) is 0 Å². The second-order valence-electron chi connectivity index (χ2n) is 7.59. The monoisotopic (exact) mass is 529 g/mol. The zero-order valence-corrected chi connectivity index (χ0v) is 20.3. The van der Waals surface area contributed by atoms with Crippen LogP contribution in [0.3, 0.4) is 0 Å². The fraction of sp³-hybridized carbons (Fsp3) is 0.500. The maximum atomic E-state index is 15.0. The van der Waals surface area contributed by atoms with E-state index in [1.165, 1.54) is 11.8 Å². The Morgan fingerprint density at radius 1 is 1.35 bits per heavy atom. The number of carboxylic acid groups (broad SMARTS) is 1. The number of fused-ring (bicyclic) bond motifs is 3. The quantitative estimate of drug-likeness (QED) is 0.241. The molecule has 2 aliphatic rings. The van der Waals surface area contributed by atoms with Gasteiger partial charge in [-0.15, -0.1) is 0 Å². The Hall–Kier alpha value is -1.65. The summed E-state index contributed by atoms with van der Waals surface area (Å²) in [7, 11) is 0. The Bertz CT molecular complexity index is 1070. The lowest BCUT2D eigenvalue weighted by Gasteiger charge is -2.47. The highest BCUT2D eigenvalue weighted by Crippen LogP contribution is 2.43. The molecule has 0 radical (unpaired) electrons. The summed E-state index contributed by atoms with van der Waals surface area (Å²) in [5.41, 5.74) is 1.01. The fourth-order valence-electron chi connectivity index (χ4n) is 4.64. The van der Waals surface area contributed by atoms with Gasteiger partial charge >= 0.3 is 6.09 Å². The molecule has 166 valence electrons. The Balaban J connectivity index is 1.95. The van der Waals surface area contributed by atoms with E-state index >= 15 is 0 Å². The molecule has 31 heavy (non-hydrogen) atoms. The Morgan fingerprint density at radius 3 is 2.74 bits per heavy atom. The molecule has 0 aromatic carbocycles. The van der Waals surface area contributed by atoms with Gasteiger partial charge < -0.3 is 10.0 Å². The molecule has 2 aromatic rings. The van der Waals surface area contributed by atoms with Crippen LogP contribution in [0.5, 0.6) is 0 Å². The summed E-state index contributed by atoms with van der Waals surface area (Å²) in [5, 5.41) is 10.4. The molecular weight excluding hydrogens is 509 g/mol. The van der Waals surface area contributed by atoms with Crippen LogP contribution in [0.2, 0.25) is 5.15 Å². The molecule has 2 aliphatic heterocycles. The van der Waals surface area contributed by atoms with Crippen LogP contribution in [-0.4, -0.2) is 61.5 Å². The van der Waals surface area contributed by atoms with Crippen LogP contribution in [-0.2, 0) is 0 Å². The van der Waals surface area contributed by atoms with Gasteiger partial charge in [-0.3, -0.25) is 4.90 Å². The highest BCUT2D eigenvalue weighted by atomic mass is 79.9. The number of anilines is 1. The summed E-state index contributed by atoms with van der Waals surface area (Å²) in [4.78, 5) is 28.8. The first kappa shape index (κ1) is 22.5. The molecule has 2 bridgehead atoms. The first-order chi connectivity index (χ1) is 14.8. The van der Waals surface area contributed by atoms with Crippen LogP contribution in [0.1, 0.15) is 33.1 Å². The number of pyridine rings is 1. The second kappa shape index (κ2) is 8.71. The van der Waals surface area contributed by atoms with Crippen molar-refractivity contribution in [1.82, 2.24) is 19.9 Å². The minimum atomic E-state index is -0.920. The van der Waals surface area contributed by atoms with Crippen LogP contribution >= 0.6 is 39.3 Å². The summed E-state index contributed by atoms with van der Waals surface area (Å²) < 4.78 is 15.3. The van der Waals surface area contributed by atoms with Crippen molar-refractivity contribution < 1.29 is 14.3 Å². The van der Waals surface area contributed by atoms with Crippen molar-refractivity contribution in [3.05, 3.63) is 27.7 Å². The van der Waals surface area contributed by atoms with Gasteiger partial charge in [-0.25, -0.2) is 24.1 Å². The molecule has 7 nitrogen and oxygen atoms in total. The summed E-state index contributed by atoms with van der Waals surface area (Å²) in [5.74, 6) is 0.548. The van der Waals surface area contributed by atoms with Crippen molar-refractivity contribution in [3.8, 4) is 0 Å². The molecule has 2 aromatic heterocycles. The predicted molar refractivity (Wildman–Crippen MR) is 124 cm³/mol. The van der Waals surface area contributed by atoms with Crippen molar-refractivity contribution in [2.24, 2.45) is 0 Å². The normalized spacial score (nSPS) is 22.9. The van der Waals surface area contributed by atoms with Gasteiger partial charge in [0.05, 0.1) is 23.5 Å². The third kappa shape index (κ3) is 3.76. The molecule has 0 saturated carbocycles. The van der Waals surface area contributed by atoms with Gasteiger partial charge in [-0.05, 0) is 40.9 Å². The number of piperazine rings is 1. The van der Waals surface area contributed by atoms with E-state index in [-0.39, 0.29) is 28.8 Å². The van der Waals surface area contributed by atoms with Crippen LogP contribution in [0.25, 0.3) is 10.9 Å². The third-order valence-electron chi connectivity index (χ3n) is 5.95. The van der Waals surface area contributed by atoms with Crippen molar-refractivity contribution in [1.29, 1.82) is 0 Å². The van der Waals surface area contributed by atoms with Gasteiger partial charge in [0.25, 0.3) is 0 Å². The number of aromatic nitrogens is 3. The van der Waals surface area contributed by atoms with Gasteiger partial charge in [0.2, 0.25) is 0 Å². The van der Waals surface area contributed by atoms with E-state index in [0.717, 1.165) is 24.2 Å². The molecule has 0 unspecified atom stereocenters. The van der Waals surface area contributed by atoms with E-state index < -0.39 is 11.9 Å². The minimum Gasteiger partial charge on any atom is -0.465 e. The first-order valence-corrected chi connectivity index (χ1v) is 12.2. The molecule has 2 fully saturated rings. The van der Waals surface area contributed by atoms with E-state index in [4.69, 9.17) is 16.6 Å². The maximum Gasteiger partial charge on any atom is 0.407 e. The number of halogens is 3. The third-order valence-corrected chi connectivity index (χ3v) is 7.51. The summed E-state index contributed by atoms with van der Waals surface area (Å²) in [6, 6.07) is -0.678. The molecule has 0 aliphatic carbocycles. The summed E-state index contributed by atoms with van der Waals surface area (Å²) >= 11 is 10.8. The summed E-state index contributed by atoms with van der Waals surface area (Å²) in [6.45, 7) is 8.65. The lowest BCUT2D eigenvalue weighted by atomic mass is 9.94. The molecular formula is C20H22BrClFN5O2S. The van der Waals surface area contributed by atoms with Crippen molar-refractivity contribution in [3.63, 3.8) is 0 Å². The highest BCUT2D eigenvalue weighted by Gasteiger charge is 2.50. The molecule has 11 heteroatoms. The first-order valence-electron chi connectivity index (χ1n) is 10.1. The van der Waals surface area contributed by atoms with Crippen LogP contribution in [0.4, 0.5) is 15.0 Å². The molecule has 3 atom stereocenters. The molecule has 4 rings (SSSR count). The van der Waals surface area contributed by atoms with Gasteiger partial charge in [0.1, 0.15) is 15.9 Å². The van der Waals surface area contributed by atoms with E-state index in [0.29, 0.717) is 33.9 Å². The number of hydrogen-bond donors (Lipinski definition) is 1. The van der Waals surface area contributed by atoms with Gasteiger partial charge in [0, 0.05) is 6.54 Å². The Morgan fingerprint density at radius 2 is 2.10 bits per heavy atom. The number of carbonyl (C=O) groups is 1. The zero-order valence-electron chi connectivity index (χ0n) is 17.1. The number of hydrogen-bond acceptors (Lipinski definition) is 6. The van der Waals surface area contributed by atoms with Crippen LogP contribution < -0.4 is 4.90 Å². The number of nitrogens with zero attached hydrogens (tertiary/aromatic N) is 5. The Kier molecular flexibility index (Phi) is 6.33. The smallest absolute Gasteiger partial charge is 0.407 e. The van der Waals surface area contributed by atoms with Gasteiger partial charge in [-0.1, -0.05) is 49.4 Å². The van der Waals surface area contributed by atoms with Crippen molar-refractivity contribution in [2.75, 3.05) is 17.2 Å². The lowest BCUT2D eigenvalue weighted by Crippen LogP contribution is -2.62. The average molecular weight is 531 g/mol. The van der Waals surface area contributed by atoms with E-state index in [1.54, 1.807) is 4.90 Å².